The summed E-state index contributed by atoms with van der Waals surface area (Å²) in [5.41, 5.74) is 4.86. The number of aromatic hydroxyl groups is 1. The fourth-order valence-corrected chi connectivity index (χ4v) is 2.59. The molecule has 0 saturated heterocycles. The Kier molecular flexibility index (Phi) is 7.16. The summed E-state index contributed by atoms with van der Waals surface area (Å²) >= 11 is 0. The molecule has 2 rings (SSSR count). The molecule has 0 unspecified atom stereocenters. The zero-order valence-corrected chi connectivity index (χ0v) is 14.2. The van der Waals surface area contributed by atoms with Crippen LogP contribution in [0.1, 0.15) is 24.5 Å². The Morgan fingerprint density at radius 2 is 1.59 bits per heavy atom. The topological polar surface area (TPSA) is 23.5 Å². The average molecular weight is 318 g/mol. The van der Waals surface area contributed by atoms with Crippen LogP contribution in [-0.4, -0.2) is 30.6 Å². The predicted octanol–water partition coefficient (Wildman–Crippen LogP) is 4.59. The minimum atomic E-state index is 0. The van der Waals surface area contributed by atoms with Crippen LogP contribution in [0, 0.1) is 0 Å². The number of rotatable bonds is 5. The maximum atomic E-state index is 9.81. The van der Waals surface area contributed by atoms with Crippen LogP contribution in [0.15, 0.2) is 60.2 Å². The van der Waals surface area contributed by atoms with E-state index in [4.69, 9.17) is 0 Å². The second kappa shape index (κ2) is 8.62. The zero-order valence-electron chi connectivity index (χ0n) is 13.4. The molecule has 2 aromatic rings. The standard InChI is InChI=1S/C19H23NO.ClH/c1-4-15(14-20(2)3)19(16-9-6-5-7-10-16)17-11-8-12-18(21)13-17;/h5-13,21H,4,14H2,1-3H3;1H. The third-order valence-corrected chi connectivity index (χ3v) is 3.48. The summed E-state index contributed by atoms with van der Waals surface area (Å²) in [4.78, 5) is 2.19. The Morgan fingerprint density at radius 1 is 0.955 bits per heavy atom. The number of hydrogen-bond donors (Lipinski definition) is 1. The van der Waals surface area contributed by atoms with Gasteiger partial charge in [0.2, 0.25) is 0 Å². The molecule has 0 atom stereocenters. The average Bonchev–Trinajstić information content (AvgIpc) is 2.47. The molecule has 0 fully saturated rings. The highest BCUT2D eigenvalue weighted by Crippen LogP contribution is 2.30. The van der Waals surface area contributed by atoms with E-state index in [0.717, 1.165) is 18.5 Å². The van der Waals surface area contributed by atoms with Crippen molar-refractivity contribution in [2.75, 3.05) is 20.6 Å². The van der Waals surface area contributed by atoms with Gasteiger partial charge in [0.1, 0.15) is 5.75 Å². The highest BCUT2D eigenvalue weighted by atomic mass is 35.5. The summed E-state index contributed by atoms with van der Waals surface area (Å²) in [6.07, 6.45) is 0.984. The molecule has 0 heterocycles. The SMILES string of the molecule is CCC(CN(C)C)=C(c1ccccc1)c1cccc(O)c1.Cl. The van der Waals surface area contributed by atoms with Crippen molar-refractivity contribution in [3.8, 4) is 5.75 Å². The molecule has 3 heteroatoms. The fraction of sp³-hybridized carbons (Fsp3) is 0.263. The Morgan fingerprint density at radius 3 is 2.14 bits per heavy atom. The van der Waals surface area contributed by atoms with Crippen LogP contribution in [0.25, 0.3) is 5.57 Å². The molecule has 1 N–H and O–H groups in total. The van der Waals surface area contributed by atoms with Crippen LogP contribution in [0.2, 0.25) is 0 Å². The highest BCUT2D eigenvalue weighted by molar-refractivity contribution is 5.85. The van der Waals surface area contributed by atoms with Gasteiger partial charge in [0, 0.05) is 6.54 Å². The van der Waals surface area contributed by atoms with Crippen LogP contribution in [0.5, 0.6) is 5.75 Å². The minimum Gasteiger partial charge on any atom is -0.508 e. The van der Waals surface area contributed by atoms with Gasteiger partial charge in [-0.2, -0.15) is 0 Å². The largest absolute Gasteiger partial charge is 0.508 e. The first-order valence-corrected chi connectivity index (χ1v) is 7.33. The number of nitrogens with zero attached hydrogens (tertiary/aromatic N) is 1. The fourth-order valence-electron chi connectivity index (χ4n) is 2.59. The van der Waals surface area contributed by atoms with Gasteiger partial charge in [0.25, 0.3) is 0 Å². The Labute approximate surface area is 139 Å². The lowest BCUT2D eigenvalue weighted by Gasteiger charge is -2.19. The van der Waals surface area contributed by atoms with Gasteiger partial charge in [0.15, 0.2) is 0 Å². The van der Waals surface area contributed by atoms with E-state index in [-0.39, 0.29) is 12.4 Å². The third-order valence-electron chi connectivity index (χ3n) is 3.48. The lowest BCUT2D eigenvalue weighted by molar-refractivity contribution is 0.441. The lowest BCUT2D eigenvalue weighted by atomic mass is 9.91. The summed E-state index contributed by atoms with van der Waals surface area (Å²) in [7, 11) is 4.17. The van der Waals surface area contributed by atoms with Gasteiger partial charge >= 0.3 is 0 Å². The summed E-state index contributed by atoms with van der Waals surface area (Å²) in [5, 5.41) is 9.81. The molecular weight excluding hydrogens is 294 g/mol. The van der Waals surface area contributed by atoms with E-state index in [2.05, 4.69) is 56.3 Å². The van der Waals surface area contributed by atoms with Crippen molar-refractivity contribution in [3.05, 3.63) is 71.3 Å². The first kappa shape index (κ1) is 18.3. The van der Waals surface area contributed by atoms with E-state index in [1.165, 1.54) is 16.7 Å². The molecule has 0 amide bonds. The predicted molar refractivity (Wildman–Crippen MR) is 96.7 cm³/mol. The van der Waals surface area contributed by atoms with Crippen molar-refractivity contribution in [3.63, 3.8) is 0 Å². The first-order chi connectivity index (χ1) is 10.1. The number of likely N-dealkylation sites (N-methyl/N-ethyl adjacent to an activating group) is 1. The molecule has 0 radical (unpaired) electrons. The molecule has 22 heavy (non-hydrogen) atoms. The zero-order chi connectivity index (χ0) is 15.2. The van der Waals surface area contributed by atoms with Crippen molar-refractivity contribution in [1.29, 1.82) is 0 Å². The van der Waals surface area contributed by atoms with E-state index in [0.29, 0.717) is 5.75 Å². The summed E-state index contributed by atoms with van der Waals surface area (Å²) in [5.74, 6) is 0.307. The molecule has 0 spiro atoms. The van der Waals surface area contributed by atoms with Gasteiger partial charge in [-0.15, -0.1) is 12.4 Å². The molecule has 0 aromatic heterocycles. The molecule has 2 nitrogen and oxygen atoms in total. The van der Waals surface area contributed by atoms with Crippen LogP contribution >= 0.6 is 12.4 Å². The monoisotopic (exact) mass is 317 g/mol. The van der Waals surface area contributed by atoms with Crippen molar-refractivity contribution in [1.82, 2.24) is 4.90 Å². The van der Waals surface area contributed by atoms with Gasteiger partial charge in [-0.05, 0) is 54.9 Å². The quantitative estimate of drug-likeness (QED) is 0.872. The van der Waals surface area contributed by atoms with Gasteiger partial charge in [-0.1, -0.05) is 49.4 Å². The molecule has 0 aliphatic carbocycles. The molecule has 0 saturated carbocycles. The summed E-state index contributed by atoms with van der Waals surface area (Å²) in [6.45, 7) is 3.10. The van der Waals surface area contributed by atoms with Crippen LogP contribution in [0.4, 0.5) is 0 Å². The molecule has 0 bridgehead atoms. The van der Waals surface area contributed by atoms with Crippen LogP contribution in [0.3, 0.4) is 0 Å². The van der Waals surface area contributed by atoms with Crippen molar-refractivity contribution in [2.24, 2.45) is 0 Å². The van der Waals surface area contributed by atoms with E-state index in [1.54, 1.807) is 6.07 Å². The summed E-state index contributed by atoms with van der Waals surface area (Å²) < 4.78 is 0. The molecule has 0 aliphatic rings. The second-order valence-corrected chi connectivity index (χ2v) is 5.49. The Bertz CT molecular complexity index is 620. The van der Waals surface area contributed by atoms with Gasteiger partial charge < -0.3 is 10.0 Å². The van der Waals surface area contributed by atoms with Gasteiger partial charge in [-0.3, -0.25) is 0 Å². The number of phenolic OH excluding ortho intramolecular Hbond substituents is 1. The van der Waals surface area contributed by atoms with Crippen LogP contribution in [-0.2, 0) is 0 Å². The third kappa shape index (κ3) is 4.62. The lowest BCUT2D eigenvalue weighted by Crippen LogP contribution is -2.16. The highest BCUT2D eigenvalue weighted by Gasteiger charge is 2.12. The second-order valence-electron chi connectivity index (χ2n) is 5.49. The van der Waals surface area contributed by atoms with E-state index >= 15 is 0 Å². The van der Waals surface area contributed by atoms with Gasteiger partial charge in [-0.25, -0.2) is 0 Å². The van der Waals surface area contributed by atoms with Crippen molar-refractivity contribution in [2.45, 2.75) is 13.3 Å². The van der Waals surface area contributed by atoms with Crippen molar-refractivity contribution < 1.29 is 5.11 Å². The molecule has 2 aromatic carbocycles. The van der Waals surface area contributed by atoms with Crippen molar-refractivity contribution >= 4 is 18.0 Å². The smallest absolute Gasteiger partial charge is 0.116 e. The molecular formula is C19H24ClNO. The number of phenols is 1. The normalized spacial score (nSPS) is 11.8. The van der Waals surface area contributed by atoms with E-state index in [9.17, 15) is 5.11 Å². The summed E-state index contributed by atoms with van der Waals surface area (Å²) in [6, 6.07) is 17.9. The number of hydrogen-bond acceptors (Lipinski definition) is 2. The minimum absolute atomic E-state index is 0. The number of benzene rings is 2. The van der Waals surface area contributed by atoms with Gasteiger partial charge in [0.05, 0.1) is 0 Å². The Hall–Kier alpha value is -1.77. The molecule has 118 valence electrons. The maximum absolute atomic E-state index is 9.81. The Balaban J connectivity index is 0.00000242. The maximum Gasteiger partial charge on any atom is 0.116 e. The van der Waals surface area contributed by atoms with E-state index < -0.39 is 0 Å². The van der Waals surface area contributed by atoms with Crippen LogP contribution < -0.4 is 0 Å². The van der Waals surface area contributed by atoms with E-state index in [1.807, 2.05) is 18.2 Å². The number of halogens is 1. The first-order valence-electron chi connectivity index (χ1n) is 7.33. The molecule has 0 aliphatic heterocycles.